The average molecular weight is 338 g/mol. The third-order valence-corrected chi connectivity index (χ3v) is 3.94. The highest BCUT2D eigenvalue weighted by Gasteiger charge is 2.21. The van der Waals surface area contributed by atoms with Crippen molar-refractivity contribution in [1.82, 2.24) is 29.5 Å². The van der Waals surface area contributed by atoms with E-state index in [0.29, 0.717) is 23.1 Å². The van der Waals surface area contributed by atoms with Crippen LogP contribution in [0.4, 0.5) is 4.39 Å². The molecular formula is C17H15FN6O. The quantitative estimate of drug-likeness (QED) is 0.571. The Morgan fingerprint density at radius 3 is 2.80 bits per heavy atom. The van der Waals surface area contributed by atoms with Gasteiger partial charge in [-0.05, 0) is 38.1 Å². The van der Waals surface area contributed by atoms with Crippen LogP contribution in [0.15, 0.2) is 53.6 Å². The number of imidazole rings is 1. The van der Waals surface area contributed by atoms with Crippen molar-refractivity contribution < 1.29 is 8.91 Å². The molecule has 8 heteroatoms. The first kappa shape index (κ1) is 15.3. The molecule has 126 valence electrons. The van der Waals surface area contributed by atoms with E-state index in [2.05, 4.69) is 20.2 Å². The summed E-state index contributed by atoms with van der Waals surface area (Å²) in [5.74, 6) is 1.27. The molecule has 0 saturated heterocycles. The molecule has 0 aliphatic carbocycles. The number of aromatic nitrogens is 6. The summed E-state index contributed by atoms with van der Waals surface area (Å²) in [6.07, 6.45) is 6.93. The van der Waals surface area contributed by atoms with Crippen molar-refractivity contribution in [3.63, 3.8) is 0 Å². The lowest BCUT2D eigenvalue weighted by atomic mass is 10.1. The monoisotopic (exact) mass is 338 g/mol. The minimum Gasteiger partial charge on any atom is -0.337 e. The van der Waals surface area contributed by atoms with Crippen molar-refractivity contribution in [1.29, 1.82) is 0 Å². The summed E-state index contributed by atoms with van der Waals surface area (Å²) in [6, 6.07) is 6.09. The zero-order chi connectivity index (χ0) is 17.4. The largest absolute Gasteiger partial charge is 0.337 e. The lowest BCUT2D eigenvalue weighted by Crippen LogP contribution is -2.09. The van der Waals surface area contributed by atoms with Gasteiger partial charge in [0.05, 0.1) is 5.69 Å². The molecule has 0 bridgehead atoms. The molecule has 3 aromatic heterocycles. The van der Waals surface area contributed by atoms with E-state index in [1.54, 1.807) is 42.5 Å². The van der Waals surface area contributed by atoms with Crippen molar-refractivity contribution in [3.8, 4) is 17.1 Å². The zero-order valence-electron chi connectivity index (χ0n) is 13.7. The van der Waals surface area contributed by atoms with Crippen LogP contribution in [-0.2, 0) is 0 Å². The van der Waals surface area contributed by atoms with Crippen molar-refractivity contribution in [2.45, 2.75) is 19.9 Å². The lowest BCUT2D eigenvalue weighted by molar-refractivity contribution is 0.343. The van der Waals surface area contributed by atoms with Gasteiger partial charge < -0.3 is 9.09 Å². The Hall–Kier alpha value is -3.29. The van der Waals surface area contributed by atoms with E-state index in [1.165, 1.54) is 12.1 Å². The van der Waals surface area contributed by atoms with Gasteiger partial charge in [0, 0.05) is 30.4 Å². The normalized spacial score (nSPS) is 12.4. The molecular weight excluding hydrogens is 323 g/mol. The Morgan fingerprint density at radius 2 is 2.08 bits per heavy atom. The first-order valence-electron chi connectivity index (χ1n) is 7.76. The van der Waals surface area contributed by atoms with Crippen LogP contribution in [0.5, 0.6) is 0 Å². The Labute approximate surface area is 142 Å². The number of nitrogens with zero attached hydrogens (tertiary/aromatic N) is 6. The smallest absolute Gasteiger partial charge is 0.249 e. The van der Waals surface area contributed by atoms with Gasteiger partial charge in [-0.3, -0.25) is 0 Å². The number of rotatable bonds is 4. The summed E-state index contributed by atoms with van der Waals surface area (Å²) in [4.78, 5) is 8.69. The molecule has 0 spiro atoms. The highest BCUT2D eigenvalue weighted by Crippen LogP contribution is 2.29. The minimum absolute atomic E-state index is 0.243. The Morgan fingerprint density at radius 1 is 1.20 bits per heavy atom. The van der Waals surface area contributed by atoms with Gasteiger partial charge in [-0.2, -0.15) is 10.1 Å². The maximum Gasteiger partial charge on any atom is 0.249 e. The van der Waals surface area contributed by atoms with Gasteiger partial charge in [-0.15, -0.1) is 0 Å². The molecule has 7 nitrogen and oxygen atoms in total. The van der Waals surface area contributed by atoms with E-state index in [1.807, 2.05) is 17.6 Å². The van der Waals surface area contributed by atoms with Crippen LogP contribution in [0.25, 0.3) is 17.1 Å². The molecule has 0 radical (unpaired) electrons. The second-order valence-electron chi connectivity index (χ2n) is 5.63. The van der Waals surface area contributed by atoms with Crippen LogP contribution in [0, 0.1) is 12.7 Å². The molecule has 0 amide bonds. The minimum atomic E-state index is -0.346. The van der Waals surface area contributed by atoms with Crippen LogP contribution in [0.3, 0.4) is 0 Å². The first-order valence-corrected chi connectivity index (χ1v) is 7.76. The fourth-order valence-electron chi connectivity index (χ4n) is 2.73. The van der Waals surface area contributed by atoms with E-state index in [0.717, 1.165) is 5.69 Å². The van der Waals surface area contributed by atoms with Crippen LogP contribution in [0.1, 0.15) is 24.7 Å². The molecule has 0 aliphatic rings. The molecule has 0 saturated carbocycles. The molecule has 25 heavy (non-hydrogen) atoms. The van der Waals surface area contributed by atoms with Crippen molar-refractivity contribution in [2.24, 2.45) is 0 Å². The highest BCUT2D eigenvalue weighted by molar-refractivity contribution is 5.68. The number of halogens is 1. The summed E-state index contributed by atoms with van der Waals surface area (Å²) in [5.41, 5.74) is 1.35. The summed E-state index contributed by atoms with van der Waals surface area (Å²) < 4.78 is 22.7. The second kappa shape index (κ2) is 5.97. The van der Waals surface area contributed by atoms with Crippen LogP contribution >= 0.6 is 0 Å². The first-order chi connectivity index (χ1) is 12.1. The molecule has 0 N–H and O–H groups in total. The standard InChI is InChI=1S/C17H15FN6O/c1-11(17-21-12(2)22-25-17)23-9-7-19-16(23)14-10-13(18)4-5-15(14)24-8-3-6-20-24/h3-11H,1-2H3/t11-/m0/s1. The van der Waals surface area contributed by atoms with Crippen LogP contribution in [0.2, 0.25) is 0 Å². The van der Waals surface area contributed by atoms with Gasteiger partial charge in [0.15, 0.2) is 5.82 Å². The number of benzene rings is 1. The molecule has 3 heterocycles. The van der Waals surface area contributed by atoms with Gasteiger partial charge in [0.2, 0.25) is 5.89 Å². The van der Waals surface area contributed by atoms with Crippen molar-refractivity contribution in [3.05, 3.63) is 66.6 Å². The van der Waals surface area contributed by atoms with E-state index in [4.69, 9.17) is 4.52 Å². The number of aryl methyl sites for hydroxylation is 1. The van der Waals surface area contributed by atoms with Gasteiger partial charge in [-0.25, -0.2) is 14.1 Å². The van der Waals surface area contributed by atoms with Crippen molar-refractivity contribution >= 4 is 0 Å². The third kappa shape index (κ3) is 2.71. The van der Waals surface area contributed by atoms with E-state index in [9.17, 15) is 4.39 Å². The predicted octanol–water partition coefficient (Wildman–Crippen LogP) is 3.18. The van der Waals surface area contributed by atoms with E-state index in [-0.39, 0.29) is 11.9 Å². The predicted molar refractivity (Wildman–Crippen MR) is 87.6 cm³/mol. The van der Waals surface area contributed by atoms with Crippen molar-refractivity contribution in [2.75, 3.05) is 0 Å². The van der Waals surface area contributed by atoms with Gasteiger partial charge in [0.1, 0.15) is 17.7 Å². The summed E-state index contributed by atoms with van der Waals surface area (Å²) in [5, 5.41) is 8.07. The zero-order valence-corrected chi connectivity index (χ0v) is 13.7. The van der Waals surface area contributed by atoms with E-state index < -0.39 is 0 Å². The van der Waals surface area contributed by atoms with Gasteiger partial charge in [0.25, 0.3) is 0 Å². The topological polar surface area (TPSA) is 74.6 Å². The van der Waals surface area contributed by atoms with Gasteiger partial charge in [-0.1, -0.05) is 5.16 Å². The van der Waals surface area contributed by atoms with Crippen LogP contribution in [-0.4, -0.2) is 29.5 Å². The Kier molecular flexibility index (Phi) is 3.64. The van der Waals surface area contributed by atoms with Gasteiger partial charge >= 0.3 is 0 Å². The fourth-order valence-corrected chi connectivity index (χ4v) is 2.73. The molecule has 1 aromatic carbocycles. The molecule has 4 rings (SSSR count). The maximum absolute atomic E-state index is 13.9. The molecule has 1 atom stereocenters. The molecule has 0 fully saturated rings. The Bertz CT molecular complexity index is 1000. The van der Waals surface area contributed by atoms with E-state index >= 15 is 0 Å². The molecule has 0 unspecified atom stereocenters. The Balaban J connectivity index is 1.84. The van der Waals surface area contributed by atoms with Crippen LogP contribution < -0.4 is 0 Å². The number of hydrogen-bond donors (Lipinski definition) is 0. The number of hydrogen-bond acceptors (Lipinski definition) is 5. The maximum atomic E-state index is 13.9. The molecule has 0 aliphatic heterocycles. The third-order valence-electron chi connectivity index (χ3n) is 3.94. The summed E-state index contributed by atoms with van der Waals surface area (Å²) in [7, 11) is 0. The average Bonchev–Trinajstić information content (AvgIpc) is 3.35. The summed E-state index contributed by atoms with van der Waals surface area (Å²) in [6.45, 7) is 3.68. The highest BCUT2D eigenvalue weighted by atomic mass is 19.1. The fraction of sp³-hybridized carbons (Fsp3) is 0.176. The SMILES string of the molecule is Cc1noc([C@H](C)n2ccnc2-c2cc(F)ccc2-n2cccn2)n1. The molecule has 4 aromatic rings. The lowest BCUT2D eigenvalue weighted by Gasteiger charge is -2.15. The summed E-state index contributed by atoms with van der Waals surface area (Å²) >= 11 is 0. The second-order valence-corrected chi connectivity index (χ2v) is 5.63.